The molecule has 0 radical (unpaired) electrons. The molecule has 1 aromatic carbocycles. The van der Waals surface area contributed by atoms with Crippen LogP contribution in [-0.4, -0.2) is 22.0 Å². The number of rotatable bonds is 4. The normalized spacial score (nSPS) is 21.7. The van der Waals surface area contributed by atoms with Gasteiger partial charge in [-0.15, -0.1) is 0 Å². The van der Waals surface area contributed by atoms with Crippen molar-refractivity contribution in [2.45, 2.75) is 25.3 Å². The molecule has 0 heterocycles. The van der Waals surface area contributed by atoms with Gasteiger partial charge in [0.25, 0.3) is 5.69 Å². The predicted octanol–water partition coefficient (Wildman–Crippen LogP) is 3.16. The van der Waals surface area contributed by atoms with E-state index in [1.807, 2.05) is 0 Å². The van der Waals surface area contributed by atoms with Crippen molar-refractivity contribution < 1.29 is 19.2 Å². The van der Waals surface area contributed by atoms with Gasteiger partial charge in [-0.05, 0) is 28.8 Å². The number of carboxylic acids is 1. The number of nitro groups is 1. The van der Waals surface area contributed by atoms with Crippen LogP contribution in [0.4, 0.5) is 15.8 Å². The first-order chi connectivity index (χ1) is 9.40. The molecule has 1 aliphatic rings. The van der Waals surface area contributed by atoms with Crippen LogP contribution >= 0.6 is 15.9 Å². The van der Waals surface area contributed by atoms with Gasteiger partial charge >= 0.3 is 5.97 Å². The number of halogens is 2. The Hall–Kier alpha value is -1.70. The molecule has 8 heteroatoms. The minimum Gasteiger partial charge on any atom is -0.481 e. The lowest BCUT2D eigenvalue weighted by molar-refractivity contribution is -0.384. The first kappa shape index (κ1) is 14.7. The molecule has 20 heavy (non-hydrogen) atoms. The lowest BCUT2D eigenvalue weighted by Crippen LogP contribution is -2.30. The standard InChI is InChI=1S/C12H12BrFN2O4/c13-7-4-11(16(19)20)10(5-8(7)14)15-9-3-1-2-6(9)12(17)18/h4-6,9,15H,1-3H2,(H,17,18). The van der Waals surface area contributed by atoms with Gasteiger partial charge in [-0.3, -0.25) is 14.9 Å². The third kappa shape index (κ3) is 2.90. The van der Waals surface area contributed by atoms with E-state index >= 15 is 0 Å². The molecule has 2 rings (SSSR count). The maximum Gasteiger partial charge on any atom is 0.308 e. The molecule has 0 spiro atoms. The van der Waals surface area contributed by atoms with Gasteiger partial charge < -0.3 is 10.4 Å². The Labute approximate surface area is 122 Å². The lowest BCUT2D eigenvalue weighted by Gasteiger charge is -2.19. The fraction of sp³-hybridized carbons (Fsp3) is 0.417. The fourth-order valence-corrected chi connectivity index (χ4v) is 2.76. The summed E-state index contributed by atoms with van der Waals surface area (Å²) in [5, 5.41) is 22.9. The molecular formula is C12H12BrFN2O4. The molecule has 0 bridgehead atoms. The highest BCUT2D eigenvalue weighted by Crippen LogP contribution is 2.35. The number of nitrogens with one attached hydrogen (secondary N) is 1. The van der Waals surface area contributed by atoms with E-state index in [2.05, 4.69) is 21.2 Å². The number of hydrogen-bond donors (Lipinski definition) is 2. The summed E-state index contributed by atoms with van der Waals surface area (Å²) in [6.07, 6.45) is 1.83. The van der Waals surface area contributed by atoms with Crippen LogP contribution in [0.15, 0.2) is 16.6 Å². The third-order valence-electron chi connectivity index (χ3n) is 3.41. The summed E-state index contributed by atoms with van der Waals surface area (Å²) in [6, 6.07) is 1.66. The molecule has 0 aliphatic heterocycles. The fourth-order valence-electron chi connectivity index (χ4n) is 2.43. The van der Waals surface area contributed by atoms with Crippen LogP contribution in [0.2, 0.25) is 0 Å². The summed E-state index contributed by atoms with van der Waals surface area (Å²) in [5.41, 5.74) is -0.275. The first-order valence-electron chi connectivity index (χ1n) is 6.03. The highest BCUT2D eigenvalue weighted by Gasteiger charge is 2.34. The van der Waals surface area contributed by atoms with E-state index < -0.39 is 28.7 Å². The summed E-state index contributed by atoms with van der Waals surface area (Å²) in [7, 11) is 0. The van der Waals surface area contributed by atoms with Crippen molar-refractivity contribution in [3.8, 4) is 0 Å². The van der Waals surface area contributed by atoms with Gasteiger partial charge in [0.2, 0.25) is 0 Å². The van der Waals surface area contributed by atoms with E-state index in [4.69, 9.17) is 5.11 Å². The number of hydrogen-bond acceptors (Lipinski definition) is 4. The third-order valence-corrected chi connectivity index (χ3v) is 4.02. The molecule has 1 fully saturated rings. The number of carboxylic acid groups (broad SMARTS) is 1. The minimum atomic E-state index is -0.944. The van der Waals surface area contributed by atoms with Gasteiger partial charge in [0.05, 0.1) is 15.3 Å². The highest BCUT2D eigenvalue weighted by molar-refractivity contribution is 9.10. The monoisotopic (exact) mass is 346 g/mol. The number of anilines is 1. The van der Waals surface area contributed by atoms with Crippen LogP contribution in [0, 0.1) is 21.8 Å². The number of nitro benzene ring substituents is 1. The zero-order valence-electron chi connectivity index (χ0n) is 10.3. The Morgan fingerprint density at radius 1 is 1.50 bits per heavy atom. The summed E-state index contributed by atoms with van der Waals surface area (Å²) in [4.78, 5) is 21.4. The Bertz CT molecular complexity index is 567. The van der Waals surface area contributed by atoms with Crippen molar-refractivity contribution >= 4 is 33.3 Å². The maximum absolute atomic E-state index is 13.5. The molecule has 1 aliphatic carbocycles. The zero-order valence-corrected chi connectivity index (χ0v) is 11.9. The molecule has 2 atom stereocenters. The van der Waals surface area contributed by atoms with Crippen molar-refractivity contribution in [1.29, 1.82) is 0 Å². The number of aliphatic carboxylic acids is 1. The topological polar surface area (TPSA) is 92.5 Å². The van der Waals surface area contributed by atoms with Crippen LogP contribution in [0.5, 0.6) is 0 Å². The molecule has 1 aromatic rings. The van der Waals surface area contributed by atoms with Crippen molar-refractivity contribution in [1.82, 2.24) is 0 Å². The van der Waals surface area contributed by atoms with Crippen molar-refractivity contribution in [2.75, 3.05) is 5.32 Å². The quantitative estimate of drug-likeness (QED) is 0.645. The SMILES string of the molecule is O=C(O)C1CCCC1Nc1cc(F)c(Br)cc1[N+](=O)[O-]. The second kappa shape index (κ2) is 5.74. The van der Waals surface area contributed by atoms with Crippen LogP contribution < -0.4 is 5.32 Å². The van der Waals surface area contributed by atoms with Crippen molar-refractivity contribution in [3.63, 3.8) is 0 Å². The Kier molecular flexibility index (Phi) is 4.22. The smallest absolute Gasteiger partial charge is 0.308 e. The maximum atomic E-state index is 13.5. The van der Waals surface area contributed by atoms with Crippen molar-refractivity contribution in [2.24, 2.45) is 5.92 Å². The second-order valence-corrected chi connectivity index (χ2v) is 5.52. The summed E-state index contributed by atoms with van der Waals surface area (Å²) < 4.78 is 13.5. The lowest BCUT2D eigenvalue weighted by atomic mass is 10.0. The van der Waals surface area contributed by atoms with Crippen LogP contribution in [-0.2, 0) is 4.79 Å². The zero-order chi connectivity index (χ0) is 14.9. The predicted molar refractivity (Wildman–Crippen MR) is 73.1 cm³/mol. The summed E-state index contributed by atoms with van der Waals surface area (Å²) >= 11 is 2.89. The number of benzene rings is 1. The Morgan fingerprint density at radius 3 is 2.80 bits per heavy atom. The van der Waals surface area contributed by atoms with E-state index in [1.165, 1.54) is 0 Å². The van der Waals surface area contributed by atoms with Gasteiger partial charge in [0, 0.05) is 18.2 Å². The van der Waals surface area contributed by atoms with E-state index in [0.717, 1.165) is 18.6 Å². The summed E-state index contributed by atoms with van der Waals surface area (Å²) in [5.74, 6) is -2.19. The molecule has 0 aromatic heterocycles. The Balaban J connectivity index is 2.31. The van der Waals surface area contributed by atoms with Gasteiger partial charge in [-0.2, -0.15) is 0 Å². The molecule has 1 saturated carbocycles. The molecule has 108 valence electrons. The molecule has 0 saturated heterocycles. The molecule has 2 unspecified atom stereocenters. The number of carbonyl (C=O) groups is 1. The average Bonchev–Trinajstić information content (AvgIpc) is 2.81. The van der Waals surface area contributed by atoms with Gasteiger partial charge in [0.1, 0.15) is 11.5 Å². The number of nitrogens with zero attached hydrogens (tertiary/aromatic N) is 1. The van der Waals surface area contributed by atoms with Gasteiger partial charge in [0.15, 0.2) is 0 Å². The largest absolute Gasteiger partial charge is 0.481 e. The van der Waals surface area contributed by atoms with Crippen LogP contribution in [0.25, 0.3) is 0 Å². The minimum absolute atomic E-state index is 0.00374. The van der Waals surface area contributed by atoms with E-state index in [-0.39, 0.29) is 15.8 Å². The average molecular weight is 347 g/mol. The van der Waals surface area contributed by atoms with Crippen LogP contribution in [0.1, 0.15) is 19.3 Å². The van der Waals surface area contributed by atoms with E-state index in [1.54, 1.807) is 0 Å². The van der Waals surface area contributed by atoms with E-state index in [0.29, 0.717) is 12.8 Å². The molecule has 6 nitrogen and oxygen atoms in total. The van der Waals surface area contributed by atoms with Gasteiger partial charge in [-0.25, -0.2) is 4.39 Å². The molecule has 0 amide bonds. The van der Waals surface area contributed by atoms with Crippen LogP contribution in [0.3, 0.4) is 0 Å². The second-order valence-electron chi connectivity index (χ2n) is 4.67. The molecular weight excluding hydrogens is 335 g/mol. The van der Waals surface area contributed by atoms with Crippen molar-refractivity contribution in [3.05, 3.63) is 32.5 Å². The highest BCUT2D eigenvalue weighted by atomic mass is 79.9. The first-order valence-corrected chi connectivity index (χ1v) is 6.82. The molecule has 2 N–H and O–H groups in total. The van der Waals surface area contributed by atoms with Gasteiger partial charge in [-0.1, -0.05) is 6.42 Å². The summed E-state index contributed by atoms with van der Waals surface area (Å²) in [6.45, 7) is 0. The van der Waals surface area contributed by atoms with E-state index in [9.17, 15) is 19.3 Å². The Morgan fingerprint density at radius 2 is 2.20 bits per heavy atom.